The Balaban J connectivity index is 1.77. The molecule has 0 radical (unpaired) electrons. The number of anilines is 1. The minimum absolute atomic E-state index is 0.955. The number of H-pyrrole nitrogens is 1. The standard InChI is InChI=1S/C17H19N5/c1-21-8-10-22(11-9-21)15-5-7-19-16-13(12-20-17(15)16)14-4-2-3-6-18-14/h2-7,12,20H,8-11H2,1H3. The van der Waals surface area contributed by atoms with Crippen LogP contribution in [0.4, 0.5) is 5.69 Å². The molecule has 0 spiro atoms. The second-order valence-electron chi connectivity index (χ2n) is 5.76. The van der Waals surface area contributed by atoms with Crippen LogP contribution in [-0.4, -0.2) is 53.1 Å². The van der Waals surface area contributed by atoms with Crippen molar-refractivity contribution in [3.8, 4) is 11.3 Å². The lowest BCUT2D eigenvalue weighted by molar-refractivity contribution is 0.313. The van der Waals surface area contributed by atoms with Crippen molar-refractivity contribution in [3.63, 3.8) is 0 Å². The molecule has 1 N–H and O–H groups in total. The molecule has 3 aromatic rings. The maximum atomic E-state index is 4.58. The van der Waals surface area contributed by atoms with Crippen molar-refractivity contribution < 1.29 is 0 Å². The molecule has 0 aliphatic carbocycles. The van der Waals surface area contributed by atoms with Crippen molar-refractivity contribution in [1.29, 1.82) is 0 Å². The number of nitrogens with one attached hydrogen (secondary N) is 1. The number of hydrogen-bond acceptors (Lipinski definition) is 4. The van der Waals surface area contributed by atoms with E-state index < -0.39 is 0 Å². The highest BCUT2D eigenvalue weighted by molar-refractivity contribution is 5.98. The molecule has 1 fully saturated rings. The summed E-state index contributed by atoms with van der Waals surface area (Å²) < 4.78 is 0. The summed E-state index contributed by atoms with van der Waals surface area (Å²) in [6.07, 6.45) is 5.73. The monoisotopic (exact) mass is 293 g/mol. The normalized spacial score (nSPS) is 16.3. The second kappa shape index (κ2) is 5.42. The third-order valence-electron chi connectivity index (χ3n) is 4.33. The Morgan fingerprint density at radius 1 is 1.00 bits per heavy atom. The first-order valence-corrected chi connectivity index (χ1v) is 7.64. The van der Waals surface area contributed by atoms with Crippen LogP contribution in [0.2, 0.25) is 0 Å². The lowest BCUT2D eigenvalue weighted by Gasteiger charge is -2.34. The Bertz CT molecular complexity index is 772. The molecule has 0 amide bonds. The molecule has 22 heavy (non-hydrogen) atoms. The number of pyridine rings is 2. The summed E-state index contributed by atoms with van der Waals surface area (Å²) in [5.41, 5.74) is 5.35. The van der Waals surface area contributed by atoms with Crippen LogP contribution in [0.25, 0.3) is 22.3 Å². The maximum Gasteiger partial charge on any atom is 0.0994 e. The SMILES string of the molecule is CN1CCN(c2ccnc3c(-c4ccccn4)c[nH]c23)CC1. The van der Waals surface area contributed by atoms with Crippen molar-refractivity contribution in [2.75, 3.05) is 38.1 Å². The number of hydrogen-bond donors (Lipinski definition) is 1. The fraction of sp³-hybridized carbons (Fsp3) is 0.294. The molecule has 0 bridgehead atoms. The Labute approximate surface area is 129 Å². The average molecular weight is 293 g/mol. The van der Waals surface area contributed by atoms with Crippen molar-refractivity contribution in [1.82, 2.24) is 19.9 Å². The third kappa shape index (κ3) is 2.23. The summed E-state index contributed by atoms with van der Waals surface area (Å²) >= 11 is 0. The van der Waals surface area contributed by atoms with Crippen molar-refractivity contribution in [2.45, 2.75) is 0 Å². The predicted molar refractivity (Wildman–Crippen MR) is 89.0 cm³/mol. The molecule has 0 aromatic carbocycles. The Morgan fingerprint density at radius 3 is 2.64 bits per heavy atom. The molecule has 0 atom stereocenters. The Kier molecular flexibility index (Phi) is 3.27. The van der Waals surface area contributed by atoms with Gasteiger partial charge in [0.15, 0.2) is 0 Å². The van der Waals surface area contributed by atoms with Gasteiger partial charge in [-0.2, -0.15) is 0 Å². The van der Waals surface area contributed by atoms with Gasteiger partial charge < -0.3 is 14.8 Å². The molecule has 4 heterocycles. The van der Waals surface area contributed by atoms with Gasteiger partial charge in [-0.3, -0.25) is 9.97 Å². The van der Waals surface area contributed by atoms with Crippen molar-refractivity contribution in [3.05, 3.63) is 42.9 Å². The molecular formula is C17H19N5. The van der Waals surface area contributed by atoms with Crippen LogP contribution in [0.1, 0.15) is 0 Å². The minimum atomic E-state index is 0.955. The summed E-state index contributed by atoms with van der Waals surface area (Å²) in [5.74, 6) is 0. The summed E-state index contributed by atoms with van der Waals surface area (Å²) in [6, 6.07) is 8.06. The van der Waals surface area contributed by atoms with Crippen LogP contribution in [-0.2, 0) is 0 Å². The van der Waals surface area contributed by atoms with E-state index in [1.165, 1.54) is 5.69 Å². The predicted octanol–water partition coefficient (Wildman–Crippen LogP) is 2.38. The molecule has 112 valence electrons. The lowest BCUT2D eigenvalue weighted by atomic mass is 10.1. The van der Waals surface area contributed by atoms with E-state index in [0.717, 1.165) is 48.5 Å². The number of aromatic amines is 1. The summed E-state index contributed by atoms with van der Waals surface area (Å²) in [5, 5.41) is 0. The smallest absolute Gasteiger partial charge is 0.0994 e. The number of fused-ring (bicyclic) bond motifs is 1. The fourth-order valence-electron chi connectivity index (χ4n) is 3.04. The fourth-order valence-corrected chi connectivity index (χ4v) is 3.04. The lowest BCUT2D eigenvalue weighted by Crippen LogP contribution is -2.44. The van der Waals surface area contributed by atoms with Gasteiger partial charge in [-0.1, -0.05) is 6.07 Å². The van der Waals surface area contributed by atoms with Gasteiger partial charge in [0.25, 0.3) is 0 Å². The van der Waals surface area contributed by atoms with Gasteiger partial charge in [0.1, 0.15) is 0 Å². The first-order valence-electron chi connectivity index (χ1n) is 7.64. The van der Waals surface area contributed by atoms with E-state index in [0.29, 0.717) is 0 Å². The topological polar surface area (TPSA) is 48.1 Å². The van der Waals surface area contributed by atoms with Crippen LogP contribution >= 0.6 is 0 Å². The number of likely N-dealkylation sites (N-methyl/N-ethyl adjacent to an activating group) is 1. The van der Waals surface area contributed by atoms with Crippen LogP contribution in [0.15, 0.2) is 42.9 Å². The molecule has 0 unspecified atom stereocenters. The van der Waals surface area contributed by atoms with E-state index in [1.807, 2.05) is 36.8 Å². The van der Waals surface area contributed by atoms with Crippen LogP contribution in [0.5, 0.6) is 0 Å². The van der Waals surface area contributed by atoms with Gasteiger partial charge in [-0.25, -0.2) is 0 Å². The first-order chi connectivity index (χ1) is 10.8. The van der Waals surface area contributed by atoms with Crippen LogP contribution < -0.4 is 4.90 Å². The molecular weight excluding hydrogens is 274 g/mol. The molecule has 1 aliphatic heterocycles. The average Bonchev–Trinajstić information content (AvgIpc) is 3.00. The molecule has 3 aromatic heterocycles. The molecule has 5 nitrogen and oxygen atoms in total. The van der Waals surface area contributed by atoms with Crippen LogP contribution in [0, 0.1) is 0 Å². The second-order valence-corrected chi connectivity index (χ2v) is 5.76. The maximum absolute atomic E-state index is 4.58. The summed E-state index contributed by atoms with van der Waals surface area (Å²) in [4.78, 5) is 17.2. The Hall–Kier alpha value is -2.40. The van der Waals surface area contributed by atoms with Gasteiger partial charge in [-0.15, -0.1) is 0 Å². The van der Waals surface area contributed by atoms with Crippen molar-refractivity contribution in [2.24, 2.45) is 0 Å². The van der Waals surface area contributed by atoms with Gasteiger partial charge in [-0.05, 0) is 25.2 Å². The van der Waals surface area contributed by atoms with Gasteiger partial charge in [0.2, 0.25) is 0 Å². The molecule has 0 saturated carbocycles. The molecule has 4 rings (SSSR count). The third-order valence-corrected chi connectivity index (χ3v) is 4.33. The molecule has 5 heteroatoms. The summed E-state index contributed by atoms with van der Waals surface area (Å²) in [7, 11) is 2.17. The van der Waals surface area contributed by atoms with Gasteiger partial charge >= 0.3 is 0 Å². The number of aromatic nitrogens is 3. The molecule has 1 saturated heterocycles. The van der Waals surface area contributed by atoms with Gasteiger partial charge in [0.05, 0.1) is 22.4 Å². The largest absolute Gasteiger partial charge is 0.367 e. The van der Waals surface area contributed by atoms with E-state index in [1.54, 1.807) is 0 Å². The number of rotatable bonds is 2. The van der Waals surface area contributed by atoms with E-state index in [-0.39, 0.29) is 0 Å². The number of nitrogens with zero attached hydrogens (tertiary/aromatic N) is 4. The number of piperazine rings is 1. The quantitative estimate of drug-likeness (QED) is 0.788. The zero-order chi connectivity index (χ0) is 14.9. The molecule has 1 aliphatic rings. The highest BCUT2D eigenvalue weighted by Crippen LogP contribution is 2.31. The highest BCUT2D eigenvalue weighted by Gasteiger charge is 2.18. The van der Waals surface area contributed by atoms with E-state index in [9.17, 15) is 0 Å². The van der Waals surface area contributed by atoms with E-state index in [2.05, 4.69) is 37.9 Å². The van der Waals surface area contributed by atoms with Crippen LogP contribution in [0.3, 0.4) is 0 Å². The highest BCUT2D eigenvalue weighted by atomic mass is 15.3. The van der Waals surface area contributed by atoms with Gasteiger partial charge in [0, 0.05) is 50.3 Å². The zero-order valence-electron chi connectivity index (χ0n) is 12.7. The van der Waals surface area contributed by atoms with E-state index >= 15 is 0 Å². The van der Waals surface area contributed by atoms with Crippen molar-refractivity contribution >= 4 is 16.7 Å². The van der Waals surface area contributed by atoms with E-state index in [4.69, 9.17) is 0 Å². The minimum Gasteiger partial charge on any atom is -0.367 e. The zero-order valence-corrected chi connectivity index (χ0v) is 12.7. The summed E-state index contributed by atoms with van der Waals surface area (Å²) in [6.45, 7) is 4.29. The Morgan fingerprint density at radius 2 is 1.86 bits per heavy atom. The first kappa shape index (κ1) is 13.3.